The lowest BCUT2D eigenvalue weighted by atomic mass is 10.0. The molecular formula is C15H26N4O8. The van der Waals surface area contributed by atoms with Crippen LogP contribution in [0.4, 0.5) is 0 Å². The van der Waals surface area contributed by atoms with E-state index in [1.807, 2.05) is 5.32 Å². The Morgan fingerprint density at radius 1 is 0.852 bits per heavy atom. The molecule has 0 aromatic carbocycles. The van der Waals surface area contributed by atoms with Gasteiger partial charge in [-0.05, 0) is 12.8 Å². The van der Waals surface area contributed by atoms with Crippen molar-refractivity contribution in [2.24, 2.45) is 11.7 Å². The van der Waals surface area contributed by atoms with Crippen LogP contribution in [0.1, 0.15) is 27.2 Å². The Morgan fingerprint density at radius 3 is 1.74 bits per heavy atom. The molecule has 4 unspecified atom stereocenters. The Hall–Kier alpha value is -2.73. The van der Waals surface area contributed by atoms with Crippen molar-refractivity contribution in [3.63, 3.8) is 0 Å². The molecule has 8 N–H and O–H groups in total. The molecule has 0 saturated carbocycles. The lowest BCUT2D eigenvalue weighted by Gasteiger charge is -2.23. The van der Waals surface area contributed by atoms with Gasteiger partial charge in [-0.2, -0.15) is 0 Å². The highest BCUT2D eigenvalue weighted by Crippen LogP contribution is 2.00. The van der Waals surface area contributed by atoms with Crippen molar-refractivity contribution in [2.45, 2.75) is 51.4 Å². The van der Waals surface area contributed by atoms with Crippen molar-refractivity contribution in [3.05, 3.63) is 0 Å². The Labute approximate surface area is 155 Å². The van der Waals surface area contributed by atoms with Crippen LogP contribution in [0, 0.1) is 5.92 Å². The average molecular weight is 390 g/mol. The first kappa shape index (κ1) is 24.3. The van der Waals surface area contributed by atoms with Crippen molar-refractivity contribution in [1.29, 1.82) is 0 Å². The smallest absolute Gasteiger partial charge is 0.325 e. The summed E-state index contributed by atoms with van der Waals surface area (Å²) in [6, 6.07) is -5.34. The van der Waals surface area contributed by atoms with Crippen LogP contribution in [0.25, 0.3) is 0 Å². The Kier molecular flexibility index (Phi) is 9.96. The third kappa shape index (κ3) is 8.46. The molecule has 3 amide bonds. The van der Waals surface area contributed by atoms with Gasteiger partial charge in [0.2, 0.25) is 17.7 Å². The summed E-state index contributed by atoms with van der Waals surface area (Å²) >= 11 is 0. The molecule has 0 aromatic heterocycles. The molecule has 27 heavy (non-hydrogen) atoms. The van der Waals surface area contributed by atoms with Crippen LogP contribution in [0.5, 0.6) is 0 Å². The van der Waals surface area contributed by atoms with Gasteiger partial charge in [-0.3, -0.25) is 24.0 Å². The van der Waals surface area contributed by atoms with Gasteiger partial charge in [-0.15, -0.1) is 0 Å². The average Bonchev–Trinajstić information content (AvgIpc) is 2.56. The van der Waals surface area contributed by atoms with E-state index in [0.717, 1.165) is 6.92 Å². The van der Waals surface area contributed by atoms with E-state index in [0.29, 0.717) is 0 Å². The Bertz CT molecular complexity index is 580. The van der Waals surface area contributed by atoms with Gasteiger partial charge >= 0.3 is 11.9 Å². The molecule has 0 aromatic rings. The van der Waals surface area contributed by atoms with Gasteiger partial charge in [-0.1, -0.05) is 13.8 Å². The van der Waals surface area contributed by atoms with Crippen molar-refractivity contribution < 1.29 is 39.3 Å². The number of carboxylic acid groups (broad SMARTS) is 2. The lowest BCUT2D eigenvalue weighted by molar-refractivity contribution is -0.143. The van der Waals surface area contributed by atoms with Gasteiger partial charge in [0.25, 0.3) is 0 Å². The van der Waals surface area contributed by atoms with E-state index in [1.54, 1.807) is 13.8 Å². The predicted molar refractivity (Wildman–Crippen MR) is 91.3 cm³/mol. The number of nitrogens with two attached hydrogens (primary N) is 1. The van der Waals surface area contributed by atoms with Gasteiger partial charge in [-0.25, -0.2) is 0 Å². The van der Waals surface area contributed by atoms with Crippen LogP contribution < -0.4 is 21.7 Å². The fraction of sp³-hybridized carbons (Fsp3) is 0.667. The summed E-state index contributed by atoms with van der Waals surface area (Å²) in [6.45, 7) is 3.68. The highest BCUT2D eigenvalue weighted by Gasteiger charge is 2.30. The lowest BCUT2D eigenvalue weighted by Crippen LogP contribution is -2.58. The highest BCUT2D eigenvalue weighted by molar-refractivity contribution is 5.95. The molecule has 154 valence electrons. The van der Waals surface area contributed by atoms with Crippen molar-refractivity contribution in [2.75, 3.05) is 6.61 Å². The van der Waals surface area contributed by atoms with Gasteiger partial charge in [0.1, 0.15) is 18.1 Å². The molecule has 0 saturated heterocycles. The number of nitrogens with one attached hydrogen (secondary N) is 3. The van der Waals surface area contributed by atoms with Crippen molar-refractivity contribution in [1.82, 2.24) is 16.0 Å². The topological polar surface area (TPSA) is 208 Å². The Balaban J connectivity index is 5.13. The molecule has 0 bridgehead atoms. The highest BCUT2D eigenvalue weighted by atomic mass is 16.4. The predicted octanol–water partition coefficient (Wildman–Crippen LogP) is -3.00. The SMILES string of the molecule is CC(NC(=O)C(CC(=O)O)NC(=O)C(CO)NC(=O)C(N)C(C)C)C(=O)O. The van der Waals surface area contributed by atoms with Crippen molar-refractivity contribution in [3.8, 4) is 0 Å². The summed E-state index contributed by atoms with van der Waals surface area (Å²) in [7, 11) is 0. The second-order valence-electron chi connectivity index (χ2n) is 6.24. The maximum atomic E-state index is 12.2. The standard InChI is InChI=1S/C15H26N4O8/c1-6(2)11(16)14(25)19-9(5-20)13(24)18-8(4-10(21)22)12(23)17-7(3)15(26)27/h6-9,11,20H,4-5,16H2,1-3H3,(H,17,23)(H,18,24)(H,19,25)(H,21,22)(H,26,27). The quantitative estimate of drug-likeness (QED) is 0.191. The molecule has 0 fully saturated rings. The van der Waals surface area contributed by atoms with Gasteiger partial charge in [0.05, 0.1) is 19.1 Å². The summed E-state index contributed by atoms with van der Waals surface area (Å²) in [5, 5.41) is 33.3. The van der Waals surface area contributed by atoms with Crippen LogP contribution in [0.15, 0.2) is 0 Å². The van der Waals surface area contributed by atoms with Crippen LogP contribution in [-0.2, 0) is 24.0 Å². The minimum absolute atomic E-state index is 0.240. The third-order valence-corrected chi connectivity index (χ3v) is 3.58. The largest absolute Gasteiger partial charge is 0.481 e. The molecule has 0 heterocycles. The molecule has 0 aliphatic rings. The third-order valence-electron chi connectivity index (χ3n) is 3.58. The van der Waals surface area contributed by atoms with Crippen LogP contribution in [0.3, 0.4) is 0 Å². The zero-order valence-electron chi connectivity index (χ0n) is 15.3. The zero-order chi connectivity index (χ0) is 21.3. The monoisotopic (exact) mass is 390 g/mol. The number of aliphatic carboxylic acids is 2. The van der Waals surface area contributed by atoms with Gasteiger partial charge < -0.3 is 37.0 Å². The summed E-state index contributed by atoms with van der Waals surface area (Å²) < 4.78 is 0. The van der Waals surface area contributed by atoms with E-state index in [4.69, 9.17) is 15.9 Å². The molecule has 0 radical (unpaired) electrons. The number of carbonyl (C=O) groups excluding carboxylic acids is 3. The molecule has 0 spiro atoms. The number of rotatable bonds is 11. The number of aliphatic hydroxyl groups excluding tert-OH is 1. The summed E-state index contributed by atoms with van der Waals surface area (Å²) in [6.07, 6.45) is -0.832. The van der Waals surface area contributed by atoms with E-state index >= 15 is 0 Å². The zero-order valence-corrected chi connectivity index (χ0v) is 15.3. The molecule has 0 aliphatic carbocycles. The molecule has 0 rings (SSSR count). The van der Waals surface area contributed by atoms with Gasteiger partial charge in [0.15, 0.2) is 0 Å². The van der Waals surface area contributed by atoms with E-state index in [-0.39, 0.29) is 5.92 Å². The van der Waals surface area contributed by atoms with E-state index < -0.39 is 66.9 Å². The van der Waals surface area contributed by atoms with E-state index in [9.17, 15) is 29.1 Å². The second-order valence-corrected chi connectivity index (χ2v) is 6.24. The second kappa shape index (κ2) is 11.1. The fourth-order valence-electron chi connectivity index (χ4n) is 1.80. The fourth-order valence-corrected chi connectivity index (χ4v) is 1.80. The number of carboxylic acids is 2. The number of aliphatic hydroxyl groups is 1. The van der Waals surface area contributed by atoms with Crippen LogP contribution in [-0.4, -0.2) is 75.8 Å². The molecular weight excluding hydrogens is 364 g/mol. The van der Waals surface area contributed by atoms with E-state index in [2.05, 4.69) is 10.6 Å². The minimum Gasteiger partial charge on any atom is -0.481 e. The van der Waals surface area contributed by atoms with Crippen molar-refractivity contribution >= 4 is 29.7 Å². The maximum Gasteiger partial charge on any atom is 0.325 e. The summed E-state index contributed by atoms with van der Waals surface area (Å²) in [4.78, 5) is 57.8. The normalized spacial score (nSPS) is 15.2. The molecule has 12 nitrogen and oxygen atoms in total. The number of hydrogen-bond donors (Lipinski definition) is 7. The molecule has 4 atom stereocenters. The first-order valence-electron chi connectivity index (χ1n) is 8.12. The minimum atomic E-state index is -1.61. The number of hydrogen-bond acceptors (Lipinski definition) is 7. The summed E-state index contributed by atoms with van der Waals surface area (Å²) in [5.41, 5.74) is 5.64. The van der Waals surface area contributed by atoms with Gasteiger partial charge in [0, 0.05) is 0 Å². The molecule has 0 aliphatic heterocycles. The van der Waals surface area contributed by atoms with Crippen LogP contribution >= 0.6 is 0 Å². The number of carbonyl (C=O) groups is 5. The summed E-state index contributed by atoms with van der Waals surface area (Å²) in [5.74, 6) is -5.79. The number of amides is 3. The van der Waals surface area contributed by atoms with E-state index in [1.165, 1.54) is 0 Å². The first-order valence-corrected chi connectivity index (χ1v) is 8.12. The van der Waals surface area contributed by atoms with Crippen LogP contribution in [0.2, 0.25) is 0 Å². The molecule has 12 heteroatoms. The Morgan fingerprint density at radius 2 is 1.33 bits per heavy atom. The maximum absolute atomic E-state index is 12.2. The first-order chi connectivity index (χ1) is 12.4.